The fourth-order valence-corrected chi connectivity index (χ4v) is 1.81. The van der Waals surface area contributed by atoms with Gasteiger partial charge in [-0.3, -0.25) is 0 Å². The maximum Gasteiger partial charge on any atom is 0.0700 e. The Kier molecular flexibility index (Phi) is 4.20. The van der Waals surface area contributed by atoms with Gasteiger partial charge in [-0.25, -0.2) is 0 Å². The van der Waals surface area contributed by atoms with Crippen molar-refractivity contribution in [1.29, 1.82) is 0 Å². The molecule has 0 aromatic carbocycles. The van der Waals surface area contributed by atoms with Crippen LogP contribution in [0, 0.1) is 5.92 Å². The molecule has 0 spiro atoms. The lowest BCUT2D eigenvalue weighted by Gasteiger charge is -2.25. The number of ether oxygens (including phenoxy) is 1. The van der Waals surface area contributed by atoms with E-state index in [2.05, 4.69) is 33.0 Å². The predicted octanol–water partition coefficient (Wildman–Crippen LogP) is 2.19. The van der Waals surface area contributed by atoms with Gasteiger partial charge in [0, 0.05) is 18.7 Å². The second-order valence-electron chi connectivity index (χ2n) is 4.31. The zero-order chi connectivity index (χ0) is 9.84. The Hall–Kier alpha value is -0.0800. The minimum Gasteiger partial charge on any atom is -0.377 e. The van der Waals surface area contributed by atoms with E-state index in [4.69, 9.17) is 4.74 Å². The number of nitrogens with one attached hydrogen (secondary N) is 1. The Morgan fingerprint density at radius 3 is 2.62 bits per heavy atom. The summed E-state index contributed by atoms with van der Waals surface area (Å²) in [6.45, 7) is 9.91. The van der Waals surface area contributed by atoms with Crippen molar-refractivity contribution in [2.45, 2.75) is 58.7 Å². The van der Waals surface area contributed by atoms with Crippen LogP contribution in [0.15, 0.2) is 0 Å². The van der Waals surface area contributed by atoms with E-state index in [0.717, 1.165) is 12.5 Å². The third-order valence-electron chi connectivity index (χ3n) is 3.35. The predicted molar refractivity (Wildman–Crippen MR) is 55.9 cm³/mol. The molecule has 0 radical (unpaired) electrons. The van der Waals surface area contributed by atoms with Crippen molar-refractivity contribution in [1.82, 2.24) is 5.32 Å². The van der Waals surface area contributed by atoms with Crippen molar-refractivity contribution >= 4 is 0 Å². The van der Waals surface area contributed by atoms with Gasteiger partial charge in [0.1, 0.15) is 0 Å². The second-order valence-corrected chi connectivity index (χ2v) is 4.31. The van der Waals surface area contributed by atoms with Gasteiger partial charge in [0.15, 0.2) is 0 Å². The second kappa shape index (κ2) is 4.97. The molecule has 0 bridgehead atoms. The van der Waals surface area contributed by atoms with E-state index in [9.17, 15) is 0 Å². The largest absolute Gasteiger partial charge is 0.377 e. The van der Waals surface area contributed by atoms with Gasteiger partial charge in [0.05, 0.1) is 6.10 Å². The SMILES string of the molecule is CCC(C)C(C)NC1CCOC1C. The molecule has 1 aliphatic heterocycles. The van der Waals surface area contributed by atoms with Gasteiger partial charge in [-0.1, -0.05) is 20.3 Å². The molecule has 13 heavy (non-hydrogen) atoms. The zero-order valence-electron chi connectivity index (χ0n) is 9.34. The van der Waals surface area contributed by atoms with Crippen LogP contribution in [-0.2, 0) is 4.74 Å². The summed E-state index contributed by atoms with van der Waals surface area (Å²) in [6, 6.07) is 1.18. The van der Waals surface area contributed by atoms with Gasteiger partial charge in [-0.15, -0.1) is 0 Å². The average Bonchev–Trinajstić information content (AvgIpc) is 2.50. The van der Waals surface area contributed by atoms with E-state index in [0.29, 0.717) is 18.2 Å². The first-order chi connectivity index (χ1) is 6.15. The molecule has 1 aliphatic rings. The van der Waals surface area contributed by atoms with E-state index in [1.165, 1.54) is 12.8 Å². The first-order valence-electron chi connectivity index (χ1n) is 5.52. The monoisotopic (exact) mass is 185 g/mol. The fraction of sp³-hybridized carbons (Fsp3) is 1.00. The van der Waals surface area contributed by atoms with Gasteiger partial charge in [0.2, 0.25) is 0 Å². The molecule has 4 unspecified atom stereocenters. The number of hydrogen-bond acceptors (Lipinski definition) is 2. The Balaban J connectivity index is 2.30. The molecule has 1 saturated heterocycles. The summed E-state index contributed by atoms with van der Waals surface area (Å²) in [5.74, 6) is 0.757. The van der Waals surface area contributed by atoms with E-state index < -0.39 is 0 Å². The van der Waals surface area contributed by atoms with Gasteiger partial charge < -0.3 is 10.1 Å². The summed E-state index contributed by atoms with van der Waals surface area (Å²) in [5, 5.41) is 3.65. The maximum atomic E-state index is 5.52. The number of rotatable bonds is 4. The van der Waals surface area contributed by atoms with Crippen LogP contribution in [0.25, 0.3) is 0 Å². The molecule has 2 heteroatoms. The van der Waals surface area contributed by atoms with Gasteiger partial charge >= 0.3 is 0 Å². The molecular formula is C11H23NO. The molecule has 1 heterocycles. The first-order valence-corrected chi connectivity index (χ1v) is 5.52. The molecule has 0 saturated carbocycles. The lowest BCUT2D eigenvalue weighted by molar-refractivity contribution is 0.109. The molecule has 0 aliphatic carbocycles. The van der Waals surface area contributed by atoms with E-state index in [1.54, 1.807) is 0 Å². The van der Waals surface area contributed by atoms with Crippen LogP contribution in [-0.4, -0.2) is 24.8 Å². The highest BCUT2D eigenvalue weighted by molar-refractivity contribution is 4.82. The van der Waals surface area contributed by atoms with Crippen LogP contribution in [0.5, 0.6) is 0 Å². The highest BCUT2D eigenvalue weighted by Crippen LogP contribution is 2.16. The van der Waals surface area contributed by atoms with E-state index >= 15 is 0 Å². The molecule has 1 N–H and O–H groups in total. The highest BCUT2D eigenvalue weighted by atomic mass is 16.5. The quantitative estimate of drug-likeness (QED) is 0.725. The van der Waals surface area contributed by atoms with Crippen molar-refractivity contribution < 1.29 is 4.74 Å². The van der Waals surface area contributed by atoms with Gasteiger partial charge in [0.25, 0.3) is 0 Å². The summed E-state index contributed by atoms with van der Waals surface area (Å²) >= 11 is 0. The van der Waals surface area contributed by atoms with Crippen LogP contribution >= 0.6 is 0 Å². The Morgan fingerprint density at radius 1 is 1.46 bits per heavy atom. The summed E-state index contributed by atoms with van der Waals surface area (Å²) in [4.78, 5) is 0. The minimum atomic E-state index is 0.395. The van der Waals surface area contributed by atoms with Crippen molar-refractivity contribution in [2.75, 3.05) is 6.61 Å². The van der Waals surface area contributed by atoms with Gasteiger partial charge in [-0.05, 0) is 26.2 Å². The van der Waals surface area contributed by atoms with Crippen molar-refractivity contribution in [3.8, 4) is 0 Å². The summed E-state index contributed by atoms with van der Waals surface area (Å²) in [6.07, 6.45) is 2.81. The molecule has 4 atom stereocenters. The molecule has 78 valence electrons. The first kappa shape index (κ1) is 11.0. The molecular weight excluding hydrogens is 162 g/mol. The summed E-state index contributed by atoms with van der Waals surface area (Å²) < 4.78 is 5.52. The third-order valence-corrected chi connectivity index (χ3v) is 3.35. The lowest BCUT2D eigenvalue weighted by Crippen LogP contribution is -2.43. The Bertz CT molecular complexity index is 149. The highest BCUT2D eigenvalue weighted by Gasteiger charge is 2.26. The Morgan fingerprint density at radius 2 is 2.15 bits per heavy atom. The normalized spacial score (nSPS) is 33.2. The lowest BCUT2D eigenvalue weighted by atomic mass is 9.99. The van der Waals surface area contributed by atoms with Crippen LogP contribution in [0.2, 0.25) is 0 Å². The fourth-order valence-electron chi connectivity index (χ4n) is 1.81. The van der Waals surface area contributed by atoms with Crippen molar-refractivity contribution in [3.05, 3.63) is 0 Å². The van der Waals surface area contributed by atoms with Crippen LogP contribution in [0.4, 0.5) is 0 Å². The zero-order valence-corrected chi connectivity index (χ0v) is 9.34. The van der Waals surface area contributed by atoms with Crippen LogP contribution < -0.4 is 5.32 Å². The Labute approximate surface area is 82.0 Å². The van der Waals surface area contributed by atoms with E-state index in [1.807, 2.05) is 0 Å². The van der Waals surface area contributed by atoms with Crippen molar-refractivity contribution in [3.63, 3.8) is 0 Å². The summed E-state index contributed by atoms with van der Waals surface area (Å²) in [5.41, 5.74) is 0. The maximum absolute atomic E-state index is 5.52. The van der Waals surface area contributed by atoms with Gasteiger partial charge in [-0.2, -0.15) is 0 Å². The standard InChI is InChI=1S/C11H23NO/c1-5-8(2)9(3)12-11-6-7-13-10(11)4/h8-12H,5-7H2,1-4H3. The van der Waals surface area contributed by atoms with E-state index in [-0.39, 0.29) is 0 Å². The third kappa shape index (κ3) is 2.96. The molecule has 2 nitrogen and oxygen atoms in total. The summed E-state index contributed by atoms with van der Waals surface area (Å²) in [7, 11) is 0. The minimum absolute atomic E-state index is 0.395. The molecule has 0 amide bonds. The smallest absolute Gasteiger partial charge is 0.0700 e. The molecule has 0 aromatic heterocycles. The topological polar surface area (TPSA) is 21.3 Å². The van der Waals surface area contributed by atoms with Crippen molar-refractivity contribution in [2.24, 2.45) is 5.92 Å². The molecule has 1 rings (SSSR count). The molecule has 1 fully saturated rings. The number of hydrogen-bond donors (Lipinski definition) is 1. The van der Waals surface area contributed by atoms with Crippen LogP contribution in [0.1, 0.15) is 40.5 Å². The average molecular weight is 185 g/mol. The molecule has 0 aromatic rings. The van der Waals surface area contributed by atoms with Crippen LogP contribution in [0.3, 0.4) is 0 Å².